The van der Waals surface area contributed by atoms with Gasteiger partial charge in [0, 0.05) is 21.3 Å². The molecule has 3 nitrogen and oxygen atoms in total. The summed E-state index contributed by atoms with van der Waals surface area (Å²) < 4.78 is 17.4. The van der Waals surface area contributed by atoms with Gasteiger partial charge < -0.3 is 14.2 Å². The number of ether oxygens (including phenoxy) is 3. The molecule has 2 heterocycles. The van der Waals surface area contributed by atoms with Crippen molar-refractivity contribution in [1.29, 1.82) is 0 Å². The molecule has 0 fully saturated rings. The van der Waals surface area contributed by atoms with Crippen molar-refractivity contribution in [3.8, 4) is 17.2 Å². The third-order valence-corrected chi connectivity index (χ3v) is 7.09. The van der Waals surface area contributed by atoms with Crippen LogP contribution in [-0.2, 0) is 0 Å². The van der Waals surface area contributed by atoms with E-state index in [1.807, 2.05) is 36.0 Å². The molecule has 0 radical (unpaired) electrons. The molecule has 0 aliphatic carbocycles. The topological polar surface area (TPSA) is 27.7 Å². The van der Waals surface area contributed by atoms with E-state index >= 15 is 0 Å². The molecule has 4 heteroatoms. The Morgan fingerprint density at radius 3 is 2.30 bits per heavy atom. The highest BCUT2D eigenvalue weighted by Gasteiger charge is 2.43. The van der Waals surface area contributed by atoms with E-state index in [1.54, 1.807) is 14.2 Å². The molecule has 1 atom stereocenters. The Balaban J connectivity index is 1.78. The average molecular weight is 417 g/mol. The van der Waals surface area contributed by atoms with Gasteiger partial charge in [0.05, 0.1) is 14.2 Å². The normalized spacial score (nSPS) is 18.6. The largest absolute Gasteiger partial charge is 0.497 e. The molecular weight excluding hydrogens is 392 g/mol. The van der Waals surface area contributed by atoms with Crippen LogP contribution in [0.5, 0.6) is 17.2 Å². The van der Waals surface area contributed by atoms with Crippen LogP contribution in [0.3, 0.4) is 0 Å². The number of rotatable bonds is 3. The minimum atomic E-state index is -0.432. The molecule has 152 valence electrons. The Morgan fingerprint density at radius 1 is 0.867 bits per heavy atom. The summed E-state index contributed by atoms with van der Waals surface area (Å²) in [5, 5.41) is 0. The lowest BCUT2D eigenvalue weighted by Gasteiger charge is -2.43. The van der Waals surface area contributed by atoms with Gasteiger partial charge in [0.2, 0.25) is 0 Å². The Morgan fingerprint density at radius 2 is 1.57 bits per heavy atom. The van der Waals surface area contributed by atoms with Crippen molar-refractivity contribution >= 4 is 16.7 Å². The first kappa shape index (κ1) is 19.1. The highest BCUT2D eigenvalue weighted by molar-refractivity contribution is 8.08. The van der Waals surface area contributed by atoms with Gasteiger partial charge in [-0.25, -0.2) is 0 Å². The first-order valence-electron chi connectivity index (χ1n) is 10.0. The van der Waals surface area contributed by atoms with Gasteiger partial charge in [0.1, 0.15) is 22.8 Å². The summed E-state index contributed by atoms with van der Waals surface area (Å²) in [7, 11) is 3.41. The lowest BCUT2D eigenvalue weighted by molar-refractivity contribution is 0.139. The van der Waals surface area contributed by atoms with Crippen LogP contribution in [0.2, 0.25) is 0 Å². The van der Waals surface area contributed by atoms with E-state index < -0.39 is 5.60 Å². The Kier molecular flexibility index (Phi) is 4.55. The molecule has 0 saturated heterocycles. The first-order chi connectivity index (χ1) is 14.5. The zero-order valence-electron chi connectivity index (χ0n) is 17.6. The van der Waals surface area contributed by atoms with Crippen molar-refractivity contribution in [2.24, 2.45) is 0 Å². The fraction of sp³-hybridized carbons (Fsp3) is 0.231. The maximum Gasteiger partial charge on any atom is 0.128 e. The fourth-order valence-corrected chi connectivity index (χ4v) is 5.91. The van der Waals surface area contributed by atoms with E-state index in [2.05, 4.69) is 56.3 Å². The van der Waals surface area contributed by atoms with Gasteiger partial charge in [-0.1, -0.05) is 48.2 Å². The van der Waals surface area contributed by atoms with Gasteiger partial charge in [0.15, 0.2) is 0 Å². The molecular formula is C26H24O3S. The van der Waals surface area contributed by atoms with Gasteiger partial charge in [-0.3, -0.25) is 0 Å². The predicted octanol–water partition coefficient (Wildman–Crippen LogP) is 6.52. The standard InChI is InChI=1S/C26H24O3S/c1-26(2)24-23(16-9-11-17(27-3)12-10-16)20-14-13-18(28-4)15-22(20)30-25(24)19-7-5-6-8-21(19)29-26/h5-15,23H,1-4H3. The number of hydrogen-bond donors (Lipinski definition) is 0. The van der Waals surface area contributed by atoms with E-state index in [9.17, 15) is 0 Å². The van der Waals surface area contributed by atoms with Crippen LogP contribution in [0, 0.1) is 0 Å². The molecule has 0 aromatic heterocycles. The molecule has 0 bridgehead atoms. The summed E-state index contributed by atoms with van der Waals surface area (Å²) >= 11 is 1.82. The van der Waals surface area contributed by atoms with Crippen LogP contribution in [0.4, 0.5) is 0 Å². The molecule has 2 aliphatic heterocycles. The summed E-state index contributed by atoms with van der Waals surface area (Å²) in [6.45, 7) is 4.34. The SMILES string of the molecule is COc1ccc(C2C3=C(Sc4cc(OC)ccc42)c2ccccc2OC3(C)C)cc1. The van der Waals surface area contributed by atoms with Crippen LogP contribution in [-0.4, -0.2) is 19.8 Å². The summed E-state index contributed by atoms with van der Waals surface area (Å²) in [5.74, 6) is 2.76. The molecule has 1 unspecified atom stereocenters. The van der Waals surface area contributed by atoms with E-state index in [0.717, 1.165) is 22.8 Å². The monoisotopic (exact) mass is 416 g/mol. The first-order valence-corrected chi connectivity index (χ1v) is 10.9. The van der Waals surface area contributed by atoms with Gasteiger partial charge in [-0.2, -0.15) is 0 Å². The number of hydrogen-bond acceptors (Lipinski definition) is 4. The van der Waals surface area contributed by atoms with Crippen LogP contribution in [0.25, 0.3) is 4.91 Å². The zero-order chi connectivity index (χ0) is 20.9. The van der Waals surface area contributed by atoms with E-state index in [0.29, 0.717) is 0 Å². The molecule has 0 saturated carbocycles. The smallest absolute Gasteiger partial charge is 0.128 e. The quantitative estimate of drug-likeness (QED) is 0.485. The Bertz CT molecular complexity index is 1150. The van der Waals surface area contributed by atoms with Gasteiger partial charge in [-0.05, 0) is 60.9 Å². The Labute approximate surface area is 181 Å². The van der Waals surface area contributed by atoms with Crippen molar-refractivity contribution in [2.75, 3.05) is 14.2 Å². The van der Waals surface area contributed by atoms with Crippen LogP contribution in [0.15, 0.2) is 77.2 Å². The van der Waals surface area contributed by atoms with Crippen LogP contribution < -0.4 is 14.2 Å². The molecule has 0 spiro atoms. The van der Waals surface area contributed by atoms with Crippen molar-refractivity contribution in [3.05, 3.63) is 89.0 Å². The minimum Gasteiger partial charge on any atom is -0.497 e. The second-order valence-corrected chi connectivity index (χ2v) is 9.12. The highest BCUT2D eigenvalue weighted by Crippen LogP contribution is 2.58. The number of thioether (sulfide) groups is 1. The fourth-order valence-electron chi connectivity index (χ4n) is 4.46. The summed E-state index contributed by atoms with van der Waals surface area (Å²) in [5.41, 5.74) is 4.53. The predicted molar refractivity (Wildman–Crippen MR) is 122 cm³/mol. The molecule has 5 rings (SSSR count). The molecule has 3 aromatic rings. The summed E-state index contributed by atoms with van der Waals surface area (Å²) in [6.07, 6.45) is 0. The zero-order valence-corrected chi connectivity index (χ0v) is 18.4. The second-order valence-electron chi connectivity index (χ2n) is 8.06. The maximum atomic E-state index is 6.52. The lowest BCUT2D eigenvalue weighted by Crippen LogP contribution is -2.38. The van der Waals surface area contributed by atoms with E-state index in [1.165, 1.54) is 26.5 Å². The van der Waals surface area contributed by atoms with Crippen molar-refractivity contribution in [1.82, 2.24) is 0 Å². The third kappa shape index (κ3) is 2.98. The molecule has 2 aliphatic rings. The molecule has 0 N–H and O–H groups in total. The van der Waals surface area contributed by atoms with Gasteiger partial charge in [0.25, 0.3) is 0 Å². The number of benzene rings is 3. The van der Waals surface area contributed by atoms with Crippen molar-refractivity contribution in [2.45, 2.75) is 30.3 Å². The van der Waals surface area contributed by atoms with E-state index in [4.69, 9.17) is 14.2 Å². The minimum absolute atomic E-state index is 0.0939. The van der Waals surface area contributed by atoms with Crippen molar-refractivity contribution < 1.29 is 14.2 Å². The van der Waals surface area contributed by atoms with Crippen LogP contribution in [0.1, 0.15) is 36.5 Å². The molecule has 3 aromatic carbocycles. The number of para-hydroxylation sites is 1. The Hall–Kier alpha value is -2.85. The maximum absolute atomic E-state index is 6.52. The summed E-state index contributed by atoms with van der Waals surface area (Å²) in [6, 6.07) is 23.1. The lowest BCUT2D eigenvalue weighted by atomic mass is 9.75. The number of fused-ring (bicyclic) bond motifs is 3. The summed E-state index contributed by atoms with van der Waals surface area (Å²) in [4.78, 5) is 2.50. The molecule has 30 heavy (non-hydrogen) atoms. The van der Waals surface area contributed by atoms with Gasteiger partial charge >= 0.3 is 0 Å². The average Bonchev–Trinajstić information content (AvgIpc) is 2.77. The highest BCUT2D eigenvalue weighted by atomic mass is 32.2. The van der Waals surface area contributed by atoms with Gasteiger partial charge in [-0.15, -0.1) is 0 Å². The third-order valence-electron chi connectivity index (χ3n) is 5.87. The van der Waals surface area contributed by atoms with E-state index in [-0.39, 0.29) is 5.92 Å². The number of methoxy groups -OCH3 is 2. The van der Waals surface area contributed by atoms with Crippen molar-refractivity contribution in [3.63, 3.8) is 0 Å². The van der Waals surface area contributed by atoms with Crippen LogP contribution >= 0.6 is 11.8 Å². The molecule has 0 amide bonds. The second kappa shape index (κ2) is 7.13.